The van der Waals surface area contributed by atoms with Crippen molar-refractivity contribution in [1.29, 1.82) is 0 Å². The summed E-state index contributed by atoms with van der Waals surface area (Å²) in [6.07, 6.45) is -10.5. The van der Waals surface area contributed by atoms with Gasteiger partial charge in [0.2, 0.25) is 0 Å². The Balaban J connectivity index is 5.12. The van der Waals surface area contributed by atoms with Gasteiger partial charge in [-0.05, 0) is 0 Å². The third kappa shape index (κ3) is 3.53. The first-order chi connectivity index (χ1) is 8.70. The summed E-state index contributed by atoms with van der Waals surface area (Å²) in [6.45, 7) is -0.975. The number of nitrogens with two attached hydrogens (primary N) is 1. The minimum absolute atomic E-state index is 0.975. The number of alkyl halides is 9. The van der Waals surface area contributed by atoms with E-state index in [1.165, 1.54) is 0 Å². The highest BCUT2D eigenvalue weighted by molar-refractivity contribution is 5.79. The van der Waals surface area contributed by atoms with Crippen LogP contribution in [0.15, 0.2) is 0 Å². The second-order valence-corrected chi connectivity index (χ2v) is 3.70. The van der Waals surface area contributed by atoms with Crippen molar-refractivity contribution in [2.75, 3.05) is 6.61 Å². The minimum Gasteiger partial charge on any atom is -0.297 e. The van der Waals surface area contributed by atoms with Crippen LogP contribution < -0.4 is 5.90 Å². The molecule has 0 radical (unpaired) electrons. The first-order valence-electron chi connectivity index (χ1n) is 4.74. The summed E-state index contributed by atoms with van der Waals surface area (Å²) in [4.78, 5) is 14.3. The van der Waals surface area contributed by atoms with Crippen molar-refractivity contribution in [3.8, 4) is 0 Å². The van der Waals surface area contributed by atoms with Crippen molar-refractivity contribution in [2.45, 2.75) is 36.8 Å². The van der Waals surface area contributed by atoms with E-state index in [2.05, 4.69) is 10.7 Å². The highest BCUT2D eigenvalue weighted by Crippen LogP contribution is 2.54. The minimum atomic E-state index is -6.95. The van der Waals surface area contributed by atoms with E-state index < -0.39 is 49.2 Å². The first-order valence-corrected chi connectivity index (χ1v) is 4.74. The quantitative estimate of drug-likeness (QED) is 0.579. The number of carbonyl (C=O) groups excluding carboxylic acids is 1. The molecule has 120 valence electrons. The van der Waals surface area contributed by atoms with Gasteiger partial charge in [0.1, 0.15) is 6.61 Å². The Morgan fingerprint density at radius 1 is 0.900 bits per heavy atom. The fraction of sp³-hybridized carbons (Fsp3) is 0.875. The third-order valence-electron chi connectivity index (χ3n) is 2.17. The zero-order chi connectivity index (χ0) is 16.4. The average molecular weight is 321 g/mol. The van der Waals surface area contributed by atoms with E-state index in [0.29, 0.717) is 0 Å². The van der Waals surface area contributed by atoms with Crippen molar-refractivity contribution in [3.63, 3.8) is 0 Å². The second kappa shape index (κ2) is 5.76. The molecular weight excluding hydrogens is 313 g/mol. The number of Topliss-reactive ketones (excluding diaryl/α,β-unsaturated/α-hetero) is 1. The van der Waals surface area contributed by atoms with E-state index in [0.717, 1.165) is 0 Å². The van der Waals surface area contributed by atoms with Crippen LogP contribution in [0, 0.1) is 0 Å². The lowest BCUT2D eigenvalue weighted by Crippen LogP contribution is -2.60. The molecule has 0 rings (SSSR count). The molecule has 0 bridgehead atoms. The van der Waals surface area contributed by atoms with Gasteiger partial charge >= 0.3 is 23.9 Å². The van der Waals surface area contributed by atoms with Gasteiger partial charge in [-0.25, -0.2) is 5.90 Å². The number of hydrogen-bond acceptors (Lipinski definition) is 3. The van der Waals surface area contributed by atoms with Crippen LogP contribution in [0.3, 0.4) is 0 Å². The van der Waals surface area contributed by atoms with Gasteiger partial charge in [0.25, 0.3) is 0 Å². The summed E-state index contributed by atoms with van der Waals surface area (Å²) in [6, 6.07) is 0. The maximum Gasteiger partial charge on any atom is 0.460 e. The van der Waals surface area contributed by atoms with Gasteiger partial charge in [0.15, 0.2) is 5.78 Å². The molecule has 20 heavy (non-hydrogen) atoms. The van der Waals surface area contributed by atoms with E-state index in [-0.39, 0.29) is 0 Å². The molecule has 0 heterocycles. The zero-order valence-corrected chi connectivity index (χ0v) is 9.42. The van der Waals surface area contributed by atoms with Gasteiger partial charge in [-0.15, -0.1) is 0 Å². The fourth-order valence-corrected chi connectivity index (χ4v) is 1.03. The summed E-state index contributed by atoms with van der Waals surface area (Å²) < 4.78 is 111. The lowest BCUT2D eigenvalue weighted by atomic mass is 9.98. The molecule has 0 saturated carbocycles. The van der Waals surface area contributed by atoms with Gasteiger partial charge in [0, 0.05) is 12.8 Å². The molecule has 0 aromatic carbocycles. The van der Waals surface area contributed by atoms with Crippen molar-refractivity contribution in [1.82, 2.24) is 0 Å². The first kappa shape index (κ1) is 19.0. The van der Waals surface area contributed by atoms with Crippen LogP contribution >= 0.6 is 0 Å². The molecule has 0 aromatic rings. The normalized spacial score (nSPS) is 14.5. The number of hydrogen-bond donors (Lipinski definition) is 1. The molecule has 12 heteroatoms. The largest absolute Gasteiger partial charge is 0.460 e. The lowest BCUT2D eigenvalue weighted by Gasteiger charge is -2.33. The van der Waals surface area contributed by atoms with Gasteiger partial charge < -0.3 is 0 Å². The van der Waals surface area contributed by atoms with Crippen LogP contribution in [-0.2, 0) is 9.63 Å². The molecule has 0 unspecified atom stereocenters. The molecule has 0 aliphatic rings. The Labute approximate surface area is 105 Å². The topological polar surface area (TPSA) is 52.3 Å². The molecule has 0 spiro atoms. The van der Waals surface area contributed by atoms with Crippen molar-refractivity contribution >= 4 is 5.78 Å². The summed E-state index contributed by atoms with van der Waals surface area (Å²) in [7, 11) is 0. The summed E-state index contributed by atoms with van der Waals surface area (Å²) in [5.74, 6) is -16.3. The van der Waals surface area contributed by atoms with Gasteiger partial charge in [0.05, 0.1) is 0 Å². The van der Waals surface area contributed by atoms with Crippen molar-refractivity contribution in [3.05, 3.63) is 0 Å². The fourth-order valence-electron chi connectivity index (χ4n) is 1.03. The van der Waals surface area contributed by atoms with Gasteiger partial charge in [-0.2, -0.15) is 39.5 Å². The number of carbonyl (C=O) groups is 1. The van der Waals surface area contributed by atoms with Crippen LogP contribution in [0.5, 0.6) is 0 Å². The summed E-state index contributed by atoms with van der Waals surface area (Å²) in [5, 5.41) is 0. The molecule has 0 fully saturated rings. The maximum atomic E-state index is 12.9. The van der Waals surface area contributed by atoms with Gasteiger partial charge in [-0.3, -0.25) is 9.63 Å². The van der Waals surface area contributed by atoms with E-state index in [9.17, 15) is 44.3 Å². The Bertz CT molecular complexity index is 352. The second-order valence-electron chi connectivity index (χ2n) is 3.70. The maximum absolute atomic E-state index is 12.9. The van der Waals surface area contributed by atoms with Crippen LogP contribution in [-0.4, -0.2) is 36.3 Å². The van der Waals surface area contributed by atoms with E-state index in [1.807, 2.05) is 0 Å². The molecule has 0 aromatic heterocycles. The number of rotatable bonds is 7. The van der Waals surface area contributed by atoms with Gasteiger partial charge in [-0.1, -0.05) is 0 Å². The number of ketones is 1. The van der Waals surface area contributed by atoms with Crippen LogP contribution in [0.4, 0.5) is 39.5 Å². The summed E-state index contributed by atoms with van der Waals surface area (Å²) >= 11 is 0. The van der Waals surface area contributed by atoms with E-state index >= 15 is 0 Å². The Hall–Kier alpha value is -1.04. The van der Waals surface area contributed by atoms with E-state index in [4.69, 9.17) is 0 Å². The number of halogens is 9. The smallest absolute Gasteiger partial charge is 0.297 e. The van der Waals surface area contributed by atoms with Crippen LogP contribution in [0.2, 0.25) is 0 Å². The molecule has 3 nitrogen and oxygen atoms in total. The molecular formula is C8H8F9NO2. The van der Waals surface area contributed by atoms with Crippen LogP contribution in [0.1, 0.15) is 12.8 Å². The molecule has 0 atom stereocenters. The Kier molecular flexibility index (Phi) is 5.46. The van der Waals surface area contributed by atoms with Crippen molar-refractivity contribution in [2.24, 2.45) is 5.90 Å². The van der Waals surface area contributed by atoms with Crippen molar-refractivity contribution < 1.29 is 49.1 Å². The predicted molar refractivity (Wildman–Crippen MR) is 45.3 cm³/mol. The molecule has 0 amide bonds. The Morgan fingerprint density at radius 3 is 1.70 bits per heavy atom. The standard InChI is InChI=1S/C8H8F9NO2/c9-5(10,2-1-4(19)3-20-18)6(11,12)7(13,14)8(15,16)17/h1-3,18H2. The zero-order valence-electron chi connectivity index (χ0n) is 9.42. The SMILES string of the molecule is NOCC(=O)CCC(F)(F)C(F)(F)C(F)(F)C(F)(F)F. The highest BCUT2D eigenvalue weighted by Gasteiger charge is 2.81. The van der Waals surface area contributed by atoms with Crippen LogP contribution in [0.25, 0.3) is 0 Å². The predicted octanol–water partition coefficient (Wildman–Crippen LogP) is 2.69. The Morgan fingerprint density at radius 2 is 1.35 bits per heavy atom. The molecule has 0 saturated heterocycles. The lowest BCUT2D eigenvalue weighted by molar-refractivity contribution is -0.396. The van der Waals surface area contributed by atoms with E-state index in [1.54, 1.807) is 0 Å². The highest BCUT2D eigenvalue weighted by atomic mass is 19.4. The molecule has 0 aliphatic heterocycles. The monoisotopic (exact) mass is 321 g/mol. The average Bonchev–Trinajstić information content (AvgIpc) is 2.25. The molecule has 2 N–H and O–H groups in total. The summed E-state index contributed by atoms with van der Waals surface area (Å²) in [5.41, 5.74) is 0. The molecule has 0 aliphatic carbocycles. The third-order valence-corrected chi connectivity index (χ3v) is 2.17.